The van der Waals surface area contributed by atoms with Gasteiger partial charge < -0.3 is 14.4 Å². The SMILES string of the molecule is CCCc1cc(C(=O)N2CCC(C3(C)OCCO3)CC2)n[nH]1. The molecular formula is C16H25N3O3. The fourth-order valence-corrected chi connectivity index (χ4v) is 3.40. The molecule has 0 atom stereocenters. The molecule has 3 heterocycles. The minimum atomic E-state index is -0.463. The highest BCUT2D eigenvalue weighted by atomic mass is 16.7. The molecule has 0 unspecified atom stereocenters. The maximum Gasteiger partial charge on any atom is 0.274 e. The molecule has 0 saturated carbocycles. The molecular weight excluding hydrogens is 282 g/mol. The number of nitrogens with one attached hydrogen (secondary N) is 1. The zero-order valence-corrected chi connectivity index (χ0v) is 13.4. The summed E-state index contributed by atoms with van der Waals surface area (Å²) in [6.45, 7) is 6.95. The number of carbonyl (C=O) groups is 1. The minimum Gasteiger partial charge on any atom is -0.348 e. The molecule has 2 fully saturated rings. The topological polar surface area (TPSA) is 67.5 Å². The Hall–Kier alpha value is -1.40. The van der Waals surface area contributed by atoms with Gasteiger partial charge in [-0.2, -0.15) is 5.10 Å². The minimum absolute atomic E-state index is 0.0236. The Morgan fingerprint density at radius 2 is 2.09 bits per heavy atom. The van der Waals surface area contributed by atoms with E-state index < -0.39 is 5.79 Å². The summed E-state index contributed by atoms with van der Waals surface area (Å²) in [6.07, 6.45) is 3.79. The molecule has 1 N–H and O–H groups in total. The lowest BCUT2D eigenvalue weighted by Crippen LogP contribution is -2.46. The molecule has 122 valence electrons. The maximum atomic E-state index is 12.5. The number of aromatic amines is 1. The van der Waals surface area contributed by atoms with Crippen LogP contribution >= 0.6 is 0 Å². The van der Waals surface area contributed by atoms with Crippen molar-refractivity contribution in [2.75, 3.05) is 26.3 Å². The van der Waals surface area contributed by atoms with Crippen LogP contribution in [0.25, 0.3) is 0 Å². The molecule has 0 aliphatic carbocycles. The third kappa shape index (κ3) is 3.03. The van der Waals surface area contributed by atoms with Crippen molar-refractivity contribution in [1.82, 2.24) is 15.1 Å². The van der Waals surface area contributed by atoms with Gasteiger partial charge in [0, 0.05) is 24.7 Å². The number of rotatable bonds is 4. The van der Waals surface area contributed by atoms with Crippen LogP contribution in [0, 0.1) is 5.92 Å². The van der Waals surface area contributed by atoms with Gasteiger partial charge >= 0.3 is 0 Å². The van der Waals surface area contributed by atoms with Crippen molar-refractivity contribution in [1.29, 1.82) is 0 Å². The van der Waals surface area contributed by atoms with E-state index in [9.17, 15) is 4.79 Å². The van der Waals surface area contributed by atoms with Crippen LogP contribution in [0.2, 0.25) is 0 Å². The predicted molar refractivity (Wildman–Crippen MR) is 81.5 cm³/mol. The van der Waals surface area contributed by atoms with Gasteiger partial charge in [0.05, 0.1) is 13.2 Å². The van der Waals surface area contributed by atoms with Crippen LogP contribution in [0.5, 0.6) is 0 Å². The number of hydrogen-bond acceptors (Lipinski definition) is 4. The molecule has 6 heteroatoms. The van der Waals surface area contributed by atoms with Gasteiger partial charge in [-0.15, -0.1) is 0 Å². The third-order valence-electron chi connectivity index (χ3n) is 4.75. The first-order valence-electron chi connectivity index (χ1n) is 8.24. The quantitative estimate of drug-likeness (QED) is 0.923. The normalized spacial score (nSPS) is 22.2. The molecule has 22 heavy (non-hydrogen) atoms. The number of piperidine rings is 1. The smallest absolute Gasteiger partial charge is 0.274 e. The molecule has 2 aliphatic rings. The van der Waals surface area contributed by atoms with Crippen molar-refractivity contribution in [3.05, 3.63) is 17.5 Å². The van der Waals surface area contributed by atoms with Crippen LogP contribution in [0.4, 0.5) is 0 Å². The number of aryl methyl sites for hydroxylation is 1. The zero-order valence-electron chi connectivity index (χ0n) is 13.4. The summed E-state index contributed by atoms with van der Waals surface area (Å²) in [6, 6.07) is 1.88. The number of ether oxygens (including phenoxy) is 2. The van der Waals surface area contributed by atoms with E-state index in [1.807, 2.05) is 17.9 Å². The number of amides is 1. The van der Waals surface area contributed by atoms with Gasteiger partial charge in [0.25, 0.3) is 5.91 Å². The first-order valence-corrected chi connectivity index (χ1v) is 8.24. The summed E-state index contributed by atoms with van der Waals surface area (Å²) in [4.78, 5) is 14.4. The van der Waals surface area contributed by atoms with Crippen molar-refractivity contribution in [3.8, 4) is 0 Å². The number of aromatic nitrogens is 2. The van der Waals surface area contributed by atoms with E-state index in [-0.39, 0.29) is 5.91 Å². The van der Waals surface area contributed by atoms with E-state index in [2.05, 4.69) is 17.1 Å². The van der Waals surface area contributed by atoms with Crippen molar-refractivity contribution in [2.45, 2.75) is 45.3 Å². The second-order valence-electron chi connectivity index (χ2n) is 6.31. The van der Waals surface area contributed by atoms with E-state index in [1.165, 1.54) is 0 Å². The summed E-state index contributed by atoms with van der Waals surface area (Å²) in [7, 11) is 0. The lowest BCUT2D eigenvalue weighted by Gasteiger charge is -2.38. The largest absolute Gasteiger partial charge is 0.348 e. The molecule has 3 rings (SSSR count). The highest BCUT2D eigenvalue weighted by molar-refractivity contribution is 5.92. The highest BCUT2D eigenvalue weighted by Crippen LogP contribution is 2.35. The van der Waals surface area contributed by atoms with Crippen molar-refractivity contribution in [3.63, 3.8) is 0 Å². The molecule has 0 spiro atoms. The summed E-state index contributed by atoms with van der Waals surface area (Å²) >= 11 is 0. The number of nitrogens with zero attached hydrogens (tertiary/aromatic N) is 2. The Morgan fingerprint density at radius 3 is 2.73 bits per heavy atom. The highest BCUT2D eigenvalue weighted by Gasteiger charge is 2.41. The molecule has 6 nitrogen and oxygen atoms in total. The van der Waals surface area contributed by atoms with Gasteiger partial charge in [-0.3, -0.25) is 9.89 Å². The molecule has 1 amide bonds. The molecule has 1 aromatic rings. The van der Waals surface area contributed by atoms with Gasteiger partial charge in [0.1, 0.15) is 5.69 Å². The predicted octanol–water partition coefficient (Wildman–Crippen LogP) is 1.98. The second kappa shape index (κ2) is 6.38. The average Bonchev–Trinajstić information content (AvgIpc) is 3.17. The second-order valence-corrected chi connectivity index (χ2v) is 6.31. The molecule has 2 saturated heterocycles. The first kappa shape index (κ1) is 15.5. The van der Waals surface area contributed by atoms with E-state index >= 15 is 0 Å². The number of likely N-dealkylation sites (tertiary alicyclic amines) is 1. The molecule has 0 bridgehead atoms. The Kier molecular flexibility index (Phi) is 4.49. The van der Waals surface area contributed by atoms with Crippen LogP contribution in [-0.4, -0.2) is 53.1 Å². The molecule has 2 aliphatic heterocycles. The lowest BCUT2D eigenvalue weighted by atomic mass is 9.89. The Labute approximate surface area is 131 Å². The van der Waals surface area contributed by atoms with Crippen molar-refractivity contribution in [2.24, 2.45) is 5.92 Å². The van der Waals surface area contributed by atoms with Crippen LogP contribution in [-0.2, 0) is 15.9 Å². The fraction of sp³-hybridized carbons (Fsp3) is 0.750. The molecule has 0 radical (unpaired) electrons. The Balaban J connectivity index is 1.57. The van der Waals surface area contributed by atoms with Crippen molar-refractivity contribution >= 4 is 5.91 Å². The maximum absolute atomic E-state index is 12.5. The molecule has 0 aromatic carbocycles. The summed E-state index contributed by atoms with van der Waals surface area (Å²) < 4.78 is 11.5. The summed E-state index contributed by atoms with van der Waals surface area (Å²) in [5, 5.41) is 7.10. The van der Waals surface area contributed by atoms with E-state index in [0.29, 0.717) is 24.8 Å². The Morgan fingerprint density at radius 1 is 1.41 bits per heavy atom. The van der Waals surface area contributed by atoms with E-state index in [1.54, 1.807) is 0 Å². The summed E-state index contributed by atoms with van der Waals surface area (Å²) in [5.41, 5.74) is 1.56. The van der Waals surface area contributed by atoms with Crippen LogP contribution in [0.15, 0.2) is 6.07 Å². The summed E-state index contributed by atoms with van der Waals surface area (Å²) in [5.74, 6) is -0.0835. The number of hydrogen-bond donors (Lipinski definition) is 1. The molecule has 1 aromatic heterocycles. The van der Waals surface area contributed by atoms with Crippen molar-refractivity contribution < 1.29 is 14.3 Å². The average molecular weight is 307 g/mol. The van der Waals surface area contributed by atoms with Gasteiger partial charge in [-0.05, 0) is 32.3 Å². The van der Waals surface area contributed by atoms with Crippen LogP contribution in [0.1, 0.15) is 49.3 Å². The monoisotopic (exact) mass is 307 g/mol. The third-order valence-corrected chi connectivity index (χ3v) is 4.75. The van der Waals surface area contributed by atoms with Gasteiger partial charge in [0.15, 0.2) is 5.79 Å². The lowest BCUT2D eigenvalue weighted by molar-refractivity contribution is -0.189. The Bertz CT molecular complexity index is 514. The van der Waals surface area contributed by atoms with E-state index in [4.69, 9.17) is 9.47 Å². The van der Waals surface area contributed by atoms with E-state index in [0.717, 1.165) is 44.5 Å². The number of carbonyl (C=O) groups excluding carboxylic acids is 1. The fourth-order valence-electron chi connectivity index (χ4n) is 3.40. The van der Waals surface area contributed by atoms with Gasteiger partial charge in [0.2, 0.25) is 0 Å². The van der Waals surface area contributed by atoms with Gasteiger partial charge in [-0.1, -0.05) is 13.3 Å². The first-order chi connectivity index (χ1) is 10.6. The van der Waals surface area contributed by atoms with Crippen LogP contribution in [0.3, 0.4) is 0 Å². The standard InChI is InChI=1S/C16H25N3O3/c1-3-4-13-11-14(18-17-13)15(20)19-7-5-12(6-8-19)16(2)21-9-10-22-16/h11-12H,3-10H2,1-2H3,(H,17,18). The zero-order chi connectivity index (χ0) is 15.6. The van der Waals surface area contributed by atoms with Gasteiger partial charge in [-0.25, -0.2) is 0 Å². The number of H-pyrrole nitrogens is 1. The van der Waals surface area contributed by atoms with Crippen LogP contribution < -0.4 is 0 Å².